The maximum atomic E-state index is 12.1. The number of nitrogens with one attached hydrogen (secondary N) is 1. The van der Waals surface area contributed by atoms with Crippen LogP contribution in [0, 0.1) is 6.92 Å². The molecule has 0 bridgehead atoms. The molecule has 0 aliphatic carbocycles. The van der Waals surface area contributed by atoms with Gasteiger partial charge in [-0.2, -0.15) is 0 Å². The van der Waals surface area contributed by atoms with Crippen molar-refractivity contribution in [1.29, 1.82) is 0 Å². The van der Waals surface area contributed by atoms with Gasteiger partial charge in [-0.05, 0) is 43.5 Å². The van der Waals surface area contributed by atoms with Gasteiger partial charge in [0.1, 0.15) is 0 Å². The maximum absolute atomic E-state index is 12.1. The number of nitrogens with zero attached hydrogens (tertiary/aromatic N) is 1. The number of rotatable bonds is 3. The van der Waals surface area contributed by atoms with E-state index in [9.17, 15) is 9.59 Å². The van der Waals surface area contributed by atoms with E-state index in [4.69, 9.17) is 5.73 Å². The molecule has 114 valence electrons. The average molecular weight is 289 g/mol. The monoisotopic (exact) mass is 289 g/mol. The van der Waals surface area contributed by atoms with Crippen molar-refractivity contribution >= 4 is 23.2 Å². The predicted octanol–water partition coefficient (Wildman–Crippen LogP) is 2.31. The number of amides is 2. The fourth-order valence-electron chi connectivity index (χ4n) is 2.57. The summed E-state index contributed by atoms with van der Waals surface area (Å²) in [4.78, 5) is 25.8. The molecule has 2 rings (SSSR count). The van der Waals surface area contributed by atoms with E-state index >= 15 is 0 Å². The molecule has 1 aromatic rings. The largest absolute Gasteiger partial charge is 0.399 e. The van der Waals surface area contributed by atoms with Gasteiger partial charge in [-0.15, -0.1) is 0 Å². The van der Waals surface area contributed by atoms with Crippen LogP contribution in [0.4, 0.5) is 11.4 Å². The second-order valence-corrected chi connectivity index (χ2v) is 5.60. The molecule has 0 atom stereocenters. The SMILES string of the molecule is Cc1cc(N)ccc1NC(=O)CN1CCCCCCC1=O. The van der Waals surface area contributed by atoms with Crippen LogP contribution >= 0.6 is 0 Å². The van der Waals surface area contributed by atoms with Crippen molar-refractivity contribution in [3.63, 3.8) is 0 Å². The van der Waals surface area contributed by atoms with Crippen LogP contribution in [0.15, 0.2) is 18.2 Å². The number of nitrogen functional groups attached to an aromatic ring is 1. The molecule has 0 aromatic heterocycles. The summed E-state index contributed by atoms with van der Waals surface area (Å²) in [5.41, 5.74) is 8.03. The highest BCUT2D eigenvalue weighted by molar-refractivity contribution is 5.95. The Bertz CT molecular complexity index is 528. The van der Waals surface area contributed by atoms with Crippen molar-refractivity contribution in [3.8, 4) is 0 Å². The standard InChI is InChI=1S/C16H23N3O2/c1-12-10-13(17)7-8-14(12)18-15(20)11-19-9-5-3-2-4-6-16(19)21/h7-8,10H,2-6,9,11,17H2,1H3,(H,18,20). The fourth-order valence-corrected chi connectivity index (χ4v) is 2.57. The Hall–Kier alpha value is -2.04. The van der Waals surface area contributed by atoms with Crippen LogP contribution in [-0.4, -0.2) is 29.8 Å². The van der Waals surface area contributed by atoms with E-state index in [0.29, 0.717) is 18.7 Å². The lowest BCUT2D eigenvalue weighted by molar-refractivity contribution is -0.135. The minimum atomic E-state index is -0.156. The summed E-state index contributed by atoms with van der Waals surface area (Å²) in [5, 5.41) is 2.85. The van der Waals surface area contributed by atoms with E-state index in [1.165, 1.54) is 0 Å². The third-order valence-corrected chi connectivity index (χ3v) is 3.78. The van der Waals surface area contributed by atoms with Gasteiger partial charge < -0.3 is 16.0 Å². The van der Waals surface area contributed by atoms with Crippen LogP contribution in [0.1, 0.15) is 37.7 Å². The molecular weight excluding hydrogens is 266 g/mol. The Morgan fingerprint density at radius 1 is 1.29 bits per heavy atom. The summed E-state index contributed by atoms with van der Waals surface area (Å²) in [6.45, 7) is 2.70. The highest BCUT2D eigenvalue weighted by Gasteiger charge is 2.18. The van der Waals surface area contributed by atoms with Crippen molar-refractivity contribution in [2.45, 2.75) is 39.0 Å². The molecule has 0 spiro atoms. The smallest absolute Gasteiger partial charge is 0.244 e. The molecule has 21 heavy (non-hydrogen) atoms. The van der Waals surface area contributed by atoms with Gasteiger partial charge in [-0.1, -0.05) is 12.8 Å². The molecule has 1 fully saturated rings. The van der Waals surface area contributed by atoms with Crippen LogP contribution in [0.2, 0.25) is 0 Å². The van der Waals surface area contributed by atoms with Gasteiger partial charge >= 0.3 is 0 Å². The topological polar surface area (TPSA) is 75.4 Å². The van der Waals surface area contributed by atoms with Crippen molar-refractivity contribution in [3.05, 3.63) is 23.8 Å². The molecule has 1 saturated heterocycles. The number of hydrogen-bond acceptors (Lipinski definition) is 3. The van der Waals surface area contributed by atoms with Crippen molar-refractivity contribution in [1.82, 2.24) is 4.90 Å². The second-order valence-electron chi connectivity index (χ2n) is 5.60. The van der Waals surface area contributed by atoms with Crippen LogP contribution < -0.4 is 11.1 Å². The molecule has 2 amide bonds. The Labute approximate surface area is 125 Å². The van der Waals surface area contributed by atoms with Crippen LogP contribution in [0.3, 0.4) is 0 Å². The fraction of sp³-hybridized carbons (Fsp3) is 0.500. The first kappa shape index (κ1) is 15.4. The van der Waals surface area contributed by atoms with Gasteiger partial charge in [-0.25, -0.2) is 0 Å². The Morgan fingerprint density at radius 2 is 2.05 bits per heavy atom. The number of likely N-dealkylation sites (tertiary alicyclic amines) is 1. The number of carbonyl (C=O) groups is 2. The molecule has 1 aliphatic heterocycles. The zero-order chi connectivity index (χ0) is 15.2. The van der Waals surface area contributed by atoms with Crippen LogP contribution in [-0.2, 0) is 9.59 Å². The third-order valence-electron chi connectivity index (χ3n) is 3.78. The predicted molar refractivity (Wildman–Crippen MR) is 83.9 cm³/mol. The zero-order valence-corrected chi connectivity index (χ0v) is 12.5. The van der Waals surface area contributed by atoms with Gasteiger partial charge in [0.2, 0.25) is 11.8 Å². The van der Waals surface area contributed by atoms with E-state index in [2.05, 4.69) is 5.32 Å². The Balaban J connectivity index is 1.95. The van der Waals surface area contributed by atoms with E-state index in [0.717, 1.165) is 36.9 Å². The zero-order valence-electron chi connectivity index (χ0n) is 12.5. The van der Waals surface area contributed by atoms with Gasteiger partial charge in [-0.3, -0.25) is 9.59 Å². The number of aryl methyl sites for hydroxylation is 1. The van der Waals surface area contributed by atoms with E-state index < -0.39 is 0 Å². The van der Waals surface area contributed by atoms with E-state index in [-0.39, 0.29) is 18.4 Å². The third kappa shape index (κ3) is 4.48. The number of carbonyl (C=O) groups excluding carboxylic acids is 2. The van der Waals surface area contributed by atoms with E-state index in [1.54, 1.807) is 17.0 Å². The molecule has 3 N–H and O–H groups in total. The van der Waals surface area contributed by atoms with Gasteiger partial charge in [0.15, 0.2) is 0 Å². The summed E-state index contributed by atoms with van der Waals surface area (Å²) >= 11 is 0. The summed E-state index contributed by atoms with van der Waals surface area (Å²) in [6, 6.07) is 5.36. The summed E-state index contributed by atoms with van der Waals surface area (Å²) in [6.07, 6.45) is 4.68. The first-order valence-electron chi connectivity index (χ1n) is 7.50. The minimum Gasteiger partial charge on any atom is -0.399 e. The maximum Gasteiger partial charge on any atom is 0.244 e. The molecule has 5 nitrogen and oxygen atoms in total. The van der Waals surface area contributed by atoms with Crippen molar-refractivity contribution in [2.24, 2.45) is 0 Å². The van der Waals surface area contributed by atoms with E-state index in [1.807, 2.05) is 13.0 Å². The highest BCUT2D eigenvalue weighted by atomic mass is 16.2. The second kappa shape index (κ2) is 7.11. The molecule has 0 unspecified atom stereocenters. The van der Waals surface area contributed by atoms with Crippen molar-refractivity contribution < 1.29 is 9.59 Å². The molecular formula is C16H23N3O2. The Kier molecular flexibility index (Phi) is 5.20. The molecule has 1 aromatic carbocycles. The quantitative estimate of drug-likeness (QED) is 0.838. The van der Waals surface area contributed by atoms with Crippen molar-refractivity contribution in [2.75, 3.05) is 24.1 Å². The summed E-state index contributed by atoms with van der Waals surface area (Å²) in [5.74, 6) is -0.0735. The normalized spacial score (nSPS) is 16.2. The lowest BCUT2D eigenvalue weighted by Crippen LogP contribution is -2.39. The first-order valence-corrected chi connectivity index (χ1v) is 7.50. The molecule has 1 aliphatic rings. The average Bonchev–Trinajstić information content (AvgIpc) is 2.42. The molecule has 0 radical (unpaired) electrons. The number of benzene rings is 1. The molecule has 0 saturated carbocycles. The van der Waals surface area contributed by atoms with Gasteiger partial charge in [0.25, 0.3) is 0 Å². The van der Waals surface area contributed by atoms with Crippen LogP contribution in [0.25, 0.3) is 0 Å². The van der Waals surface area contributed by atoms with Crippen LogP contribution in [0.5, 0.6) is 0 Å². The Morgan fingerprint density at radius 3 is 2.81 bits per heavy atom. The molecule has 5 heteroatoms. The first-order chi connectivity index (χ1) is 10.1. The minimum absolute atomic E-state index is 0.0823. The number of anilines is 2. The number of hydrogen-bond donors (Lipinski definition) is 2. The van der Waals surface area contributed by atoms with Gasteiger partial charge in [0, 0.05) is 24.3 Å². The van der Waals surface area contributed by atoms with Gasteiger partial charge in [0.05, 0.1) is 6.54 Å². The number of nitrogens with two attached hydrogens (primary N) is 1. The lowest BCUT2D eigenvalue weighted by Gasteiger charge is -2.24. The highest BCUT2D eigenvalue weighted by Crippen LogP contribution is 2.18. The summed E-state index contributed by atoms with van der Waals surface area (Å²) in [7, 11) is 0. The lowest BCUT2D eigenvalue weighted by atomic mass is 10.1. The molecule has 1 heterocycles. The summed E-state index contributed by atoms with van der Waals surface area (Å²) < 4.78 is 0.